The van der Waals surface area contributed by atoms with Gasteiger partial charge < -0.3 is 5.32 Å². The van der Waals surface area contributed by atoms with Gasteiger partial charge in [0.05, 0.1) is 11.6 Å². The van der Waals surface area contributed by atoms with Crippen LogP contribution in [0.2, 0.25) is 0 Å². The van der Waals surface area contributed by atoms with Gasteiger partial charge in [-0.05, 0) is 12.5 Å². The zero-order chi connectivity index (χ0) is 13.1. The van der Waals surface area contributed by atoms with Crippen LogP contribution in [0.15, 0.2) is 24.3 Å². The summed E-state index contributed by atoms with van der Waals surface area (Å²) >= 11 is 0. The number of nitrogens with zero attached hydrogens (tertiary/aromatic N) is 2. The van der Waals surface area contributed by atoms with Gasteiger partial charge >= 0.3 is 0 Å². The Balaban J connectivity index is 2.37. The van der Waals surface area contributed by atoms with Crippen molar-refractivity contribution < 1.29 is 4.79 Å². The van der Waals surface area contributed by atoms with Crippen molar-refractivity contribution in [2.45, 2.75) is 19.4 Å². The Hall–Kier alpha value is -2.28. The number of rotatable bonds is 3. The number of benzene rings is 1. The predicted octanol–water partition coefficient (Wildman–Crippen LogP) is 1.71. The lowest BCUT2D eigenvalue weighted by atomic mass is 10.2. The second-order valence-corrected chi connectivity index (χ2v) is 4.09. The first-order chi connectivity index (χ1) is 8.67. The third kappa shape index (κ3) is 2.07. The quantitative estimate of drug-likeness (QED) is 0.832. The van der Waals surface area contributed by atoms with Gasteiger partial charge in [0, 0.05) is 12.4 Å². The first-order valence-corrected chi connectivity index (χ1v) is 5.86. The maximum atomic E-state index is 12.1. The van der Waals surface area contributed by atoms with E-state index in [0.717, 1.165) is 10.9 Å². The minimum Gasteiger partial charge on any atom is -0.337 e. The molecular formula is C14H15N3O. The zero-order valence-corrected chi connectivity index (χ0v) is 10.5. The highest BCUT2D eigenvalue weighted by atomic mass is 16.2. The van der Waals surface area contributed by atoms with E-state index in [2.05, 4.69) is 16.3 Å². The summed E-state index contributed by atoms with van der Waals surface area (Å²) in [5.74, 6) is 2.32. The van der Waals surface area contributed by atoms with Gasteiger partial charge in [-0.15, -0.1) is 6.42 Å². The van der Waals surface area contributed by atoms with Crippen molar-refractivity contribution in [3.8, 4) is 12.3 Å². The fourth-order valence-electron chi connectivity index (χ4n) is 1.87. The van der Waals surface area contributed by atoms with Crippen LogP contribution >= 0.6 is 0 Å². The van der Waals surface area contributed by atoms with Gasteiger partial charge in [-0.3, -0.25) is 9.48 Å². The molecule has 0 radical (unpaired) electrons. The molecule has 0 aliphatic rings. The molecule has 1 aromatic carbocycles. The molecule has 0 saturated carbocycles. The van der Waals surface area contributed by atoms with Crippen molar-refractivity contribution in [1.29, 1.82) is 0 Å². The van der Waals surface area contributed by atoms with Gasteiger partial charge in [-0.1, -0.05) is 31.0 Å². The standard InChI is InChI=1S/C14H15N3O/c1-4-10(5-2)15-14(18)13-11-8-6-7-9-12(11)17(3)16-13/h1,6-10H,5H2,2-3H3,(H,15,18). The number of fused-ring (bicyclic) bond motifs is 1. The number of aromatic nitrogens is 2. The minimum atomic E-state index is -0.252. The van der Waals surface area contributed by atoms with E-state index < -0.39 is 0 Å². The van der Waals surface area contributed by atoms with Crippen LogP contribution in [0.1, 0.15) is 23.8 Å². The number of amides is 1. The van der Waals surface area contributed by atoms with E-state index in [4.69, 9.17) is 6.42 Å². The summed E-state index contributed by atoms with van der Waals surface area (Å²) in [5, 5.41) is 7.87. The van der Waals surface area contributed by atoms with Crippen LogP contribution in [0, 0.1) is 12.3 Å². The van der Waals surface area contributed by atoms with Crippen LogP contribution in [-0.2, 0) is 7.05 Å². The molecule has 0 spiro atoms. The number of terminal acetylenes is 1. The Morgan fingerprint density at radius 1 is 1.56 bits per heavy atom. The van der Waals surface area contributed by atoms with Crippen LogP contribution < -0.4 is 5.32 Å². The number of carbonyl (C=O) groups is 1. The number of hydrogen-bond acceptors (Lipinski definition) is 2. The van der Waals surface area contributed by atoms with Crippen molar-refractivity contribution in [3.05, 3.63) is 30.0 Å². The van der Waals surface area contributed by atoms with Crippen LogP contribution in [0.4, 0.5) is 0 Å². The third-order valence-electron chi connectivity index (χ3n) is 2.89. The van der Waals surface area contributed by atoms with Crippen LogP contribution in [0.3, 0.4) is 0 Å². The Bertz CT molecular complexity index is 621. The lowest BCUT2D eigenvalue weighted by molar-refractivity contribution is 0.0941. The second kappa shape index (κ2) is 4.92. The molecule has 1 unspecified atom stereocenters. The SMILES string of the molecule is C#CC(CC)NC(=O)c1nn(C)c2ccccc12. The molecular weight excluding hydrogens is 226 g/mol. The average molecular weight is 241 g/mol. The van der Waals surface area contributed by atoms with Crippen molar-refractivity contribution in [2.75, 3.05) is 0 Å². The molecule has 0 bridgehead atoms. The molecule has 0 aliphatic carbocycles. The minimum absolute atomic E-state index is 0.225. The highest BCUT2D eigenvalue weighted by molar-refractivity contribution is 6.05. The number of carbonyl (C=O) groups excluding carboxylic acids is 1. The lowest BCUT2D eigenvalue weighted by Gasteiger charge is -2.08. The molecule has 2 aromatic rings. The molecule has 2 rings (SSSR count). The van der Waals surface area contributed by atoms with Gasteiger partial charge in [-0.25, -0.2) is 0 Å². The van der Waals surface area contributed by atoms with Gasteiger partial charge in [0.1, 0.15) is 0 Å². The molecule has 0 aliphatic heterocycles. The molecule has 4 nitrogen and oxygen atoms in total. The summed E-state index contributed by atoms with van der Waals surface area (Å²) in [4.78, 5) is 12.1. The summed E-state index contributed by atoms with van der Waals surface area (Å²) in [5.41, 5.74) is 1.35. The Morgan fingerprint density at radius 2 is 2.28 bits per heavy atom. The van der Waals surface area contributed by atoms with Crippen LogP contribution in [-0.4, -0.2) is 21.7 Å². The highest BCUT2D eigenvalue weighted by Gasteiger charge is 2.17. The predicted molar refractivity (Wildman–Crippen MR) is 71.1 cm³/mol. The fourth-order valence-corrected chi connectivity index (χ4v) is 1.87. The molecule has 18 heavy (non-hydrogen) atoms. The molecule has 1 amide bonds. The summed E-state index contributed by atoms with van der Waals surface area (Å²) < 4.78 is 1.70. The summed E-state index contributed by atoms with van der Waals surface area (Å²) in [7, 11) is 1.82. The fraction of sp³-hybridized carbons (Fsp3) is 0.286. The van der Waals surface area contributed by atoms with E-state index in [1.165, 1.54) is 0 Å². The Kier molecular flexibility index (Phi) is 3.33. The molecule has 0 saturated heterocycles. The molecule has 1 aromatic heterocycles. The molecule has 0 fully saturated rings. The lowest BCUT2D eigenvalue weighted by Crippen LogP contribution is -2.33. The van der Waals surface area contributed by atoms with Crippen LogP contribution in [0.25, 0.3) is 10.9 Å². The summed E-state index contributed by atoms with van der Waals surface area (Å²) in [6.45, 7) is 1.93. The smallest absolute Gasteiger partial charge is 0.273 e. The normalized spacial score (nSPS) is 12.1. The topological polar surface area (TPSA) is 46.9 Å². The van der Waals surface area contributed by atoms with E-state index in [1.807, 2.05) is 38.2 Å². The maximum Gasteiger partial charge on any atom is 0.273 e. The Morgan fingerprint density at radius 3 is 2.94 bits per heavy atom. The largest absolute Gasteiger partial charge is 0.337 e. The van der Waals surface area contributed by atoms with Gasteiger partial charge in [0.15, 0.2) is 5.69 Å². The van der Waals surface area contributed by atoms with Gasteiger partial charge in [0.25, 0.3) is 5.91 Å². The molecule has 1 atom stereocenters. The van der Waals surface area contributed by atoms with E-state index in [9.17, 15) is 4.79 Å². The van der Waals surface area contributed by atoms with Gasteiger partial charge in [-0.2, -0.15) is 5.10 Å². The highest BCUT2D eigenvalue weighted by Crippen LogP contribution is 2.17. The third-order valence-corrected chi connectivity index (χ3v) is 2.89. The molecule has 4 heteroatoms. The van der Waals surface area contributed by atoms with Crippen molar-refractivity contribution >= 4 is 16.8 Å². The van der Waals surface area contributed by atoms with Crippen molar-refractivity contribution in [1.82, 2.24) is 15.1 Å². The number of aryl methyl sites for hydroxylation is 1. The Labute approximate surface area is 106 Å². The van der Waals surface area contributed by atoms with E-state index in [0.29, 0.717) is 12.1 Å². The van der Waals surface area contributed by atoms with Crippen molar-refractivity contribution in [3.63, 3.8) is 0 Å². The first-order valence-electron chi connectivity index (χ1n) is 5.86. The van der Waals surface area contributed by atoms with Crippen LogP contribution in [0.5, 0.6) is 0 Å². The molecule has 92 valence electrons. The molecule has 1 N–H and O–H groups in total. The molecule has 1 heterocycles. The van der Waals surface area contributed by atoms with E-state index >= 15 is 0 Å². The van der Waals surface area contributed by atoms with E-state index in [1.54, 1.807) is 4.68 Å². The zero-order valence-electron chi connectivity index (χ0n) is 10.5. The second-order valence-electron chi connectivity index (χ2n) is 4.09. The first kappa shape index (κ1) is 12.2. The maximum absolute atomic E-state index is 12.1. The summed E-state index contributed by atoms with van der Waals surface area (Å²) in [6.07, 6.45) is 6.04. The summed E-state index contributed by atoms with van der Waals surface area (Å²) in [6, 6.07) is 7.37. The van der Waals surface area contributed by atoms with Gasteiger partial charge in [0.2, 0.25) is 0 Å². The number of para-hydroxylation sites is 1. The monoisotopic (exact) mass is 241 g/mol. The number of nitrogens with one attached hydrogen (secondary N) is 1. The average Bonchev–Trinajstić information content (AvgIpc) is 2.74. The van der Waals surface area contributed by atoms with E-state index in [-0.39, 0.29) is 11.9 Å². The number of hydrogen-bond donors (Lipinski definition) is 1. The van der Waals surface area contributed by atoms with Crippen molar-refractivity contribution in [2.24, 2.45) is 7.05 Å².